The van der Waals surface area contributed by atoms with Gasteiger partial charge in [0.25, 0.3) is 0 Å². The van der Waals surface area contributed by atoms with Crippen LogP contribution in [0.4, 0.5) is 0 Å². The van der Waals surface area contributed by atoms with Crippen molar-refractivity contribution in [1.82, 2.24) is 4.31 Å². The number of halogens is 1. The molecule has 1 fully saturated rings. The summed E-state index contributed by atoms with van der Waals surface area (Å²) in [4.78, 5) is 10.7. The Labute approximate surface area is 115 Å². The molecule has 19 heavy (non-hydrogen) atoms. The van der Waals surface area contributed by atoms with Crippen LogP contribution in [0.3, 0.4) is 0 Å². The molecule has 0 atom stereocenters. The molecule has 6 nitrogen and oxygen atoms in total. The molecule has 0 bridgehead atoms. The van der Waals surface area contributed by atoms with Gasteiger partial charge in [-0.25, -0.2) is 8.42 Å². The Kier molecular flexibility index (Phi) is 3.71. The van der Waals surface area contributed by atoms with Crippen molar-refractivity contribution in [3.63, 3.8) is 0 Å². The summed E-state index contributed by atoms with van der Waals surface area (Å²) < 4.78 is 30.4. The Morgan fingerprint density at radius 1 is 1.47 bits per heavy atom. The topological polar surface area (TPSA) is 83.9 Å². The van der Waals surface area contributed by atoms with Crippen molar-refractivity contribution in [3.05, 3.63) is 23.2 Å². The number of carbonyl (C=O) groups is 1. The molecule has 104 valence electrons. The van der Waals surface area contributed by atoms with Crippen molar-refractivity contribution >= 4 is 27.6 Å². The van der Waals surface area contributed by atoms with Crippen molar-refractivity contribution < 1.29 is 23.1 Å². The van der Waals surface area contributed by atoms with E-state index in [1.165, 1.54) is 25.3 Å². The number of rotatable bonds is 4. The third-order valence-corrected chi connectivity index (χ3v) is 5.08. The molecule has 1 aliphatic heterocycles. The van der Waals surface area contributed by atoms with Crippen LogP contribution in [-0.4, -0.2) is 44.0 Å². The molecule has 0 radical (unpaired) electrons. The molecule has 0 unspecified atom stereocenters. The van der Waals surface area contributed by atoms with Crippen LogP contribution in [0.5, 0.6) is 5.75 Å². The van der Waals surface area contributed by atoms with Crippen LogP contribution in [0.25, 0.3) is 0 Å². The Morgan fingerprint density at radius 2 is 2.11 bits per heavy atom. The normalized spacial score (nSPS) is 16.9. The van der Waals surface area contributed by atoms with Gasteiger partial charge in [0.15, 0.2) is 0 Å². The molecule has 2 rings (SSSR count). The van der Waals surface area contributed by atoms with Crippen molar-refractivity contribution in [2.24, 2.45) is 5.92 Å². The number of sulfonamides is 1. The fourth-order valence-corrected chi connectivity index (χ4v) is 3.63. The van der Waals surface area contributed by atoms with Crippen LogP contribution in [0.15, 0.2) is 23.1 Å². The van der Waals surface area contributed by atoms with E-state index in [0.29, 0.717) is 5.75 Å². The second-order valence-corrected chi connectivity index (χ2v) is 6.50. The maximum Gasteiger partial charge on any atom is 0.309 e. The number of hydrogen-bond acceptors (Lipinski definition) is 4. The number of carboxylic acid groups (broad SMARTS) is 1. The van der Waals surface area contributed by atoms with E-state index in [4.69, 9.17) is 21.4 Å². The van der Waals surface area contributed by atoms with Gasteiger partial charge in [0.05, 0.1) is 22.9 Å². The lowest BCUT2D eigenvalue weighted by Crippen LogP contribution is -2.52. The van der Waals surface area contributed by atoms with Crippen LogP contribution in [0, 0.1) is 5.92 Å². The van der Waals surface area contributed by atoms with Gasteiger partial charge in [-0.2, -0.15) is 4.31 Å². The lowest BCUT2D eigenvalue weighted by atomic mass is 10.0. The van der Waals surface area contributed by atoms with Crippen molar-refractivity contribution in [3.8, 4) is 5.75 Å². The van der Waals surface area contributed by atoms with E-state index >= 15 is 0 Å². The van der Waals surface area contributed by atoms with Gasteiger partial charge in [-0.3, -0.25) is 4.79 Å². The predicted molar refractivity (Wildman–Crippen MR) is 67.9 cm³/mol. The molecule has 0 aliphatic carbocycles. The second kappa shape index (κ2) is 4.99. The lowest BCUT2D eigenvalue weighted by molar-refractivity contribution is -0.145. The molecule has 0 aromatic heterocycles. The molecule has 8 heteroatoms. The third kappa shape index (κ3) is 2.54. The van der Waals surface area contributed by atoms with Crippen LogP contribution in [0.2, 0.25) is 5.02 Å². The van der Waals surface area contributed by atoms with E-state index in [2.05, 4.69) is 0 Å². The first-order chi connectivity index (χ1) is 8.86. The Balaban J connectivity index is 2.22. The van der Waals surface area contributed by atoms with Crippen LogP contribution in [0.1, 0.15) is 0 Å². The van der Waals surface area contributed by atoms with Crippen molar-refractivity contribution in [2.45, 2.75) is 4.90 Å². The summed E-state index contributed by atoms with van der Waals surface area (Å²) in [6, 6.07) is 4.14. The molecule has 0 saturated carbocycles. The van der Waals surface area contributed by atoms with Gasteiger partial charge in [0.2, 0.25) is 10.0 Å². The summed E-state index contributed by atoms with van der Waals surface area (Å²) in [6.07, 6.45) is 0. The zero-order chi connectivity index (χ0) is 14.2. The maximum atomic E-state index is 12.2. The highest BCUT2D eigenvalue weighted by Crippen LogP contribution is 2.30. The lowest BCUT2D eigenvalue weighted by Gasteiger charge is -2.35. The number of carboxylic acids is 1. The molecular formula is C11H12ClNO5S. The van der Waals surface area contributed by atoms with Gasteiger partial charge in [0, 0.05) is 13.1 Å². The summed E-state index contributed by atoms with van der Waals surface area (Å²) >= 11 is 5.88. The molecule has 1 aliphatic rings. The Hall–Kier alpha value is -1.31. The van der Waals surface area contributed by atoms with Gasteiger partial charge in [-0.15, -0.1) is 0 Å². The number of hydrogen-bond donors (Lipinski definition) is 1. The van der Waals surface area contributed by atoms with Crippen molar-refractivity contribution in [2.75, 3.05) is 20.2 Å². The van der Waals surface area contributed by atoms with Gasteiger partial charge in [-0.05, 0) is 18.2 Å². The Bertz CT molecular complexity index is 610. The highest BCUT2D eigenvalue weighted by molar-refractivity contribution is 7.89. The van der Waals surface area contributed by atoms with E-state index < -0.39 is 21.9 Å². The highest BCUT2D eigenvalue weighted by Gasteiger charge is 2.40. The van der Waals surface area contributed by atoms with E-state index in [9.17, 15) is 13.2 Å². The number of methoxy groups -OCH3 is 1. The first-order valence-corrected chi connectivity index (χ1v) is 7.24. The number of aliphatic carboxylic acids is 1. The van der Waals surface area contributed by atoms with E-state index in [0.717, 1.165) is 4.31 Å². The average molecular weight is 306 g/mol. The fraction of sp³-hybridized carbons (Fsp3) is 0.364. The smallest absolute Gasteiger partial charge is 0.309 e. The SMILES string of the molecule is COc1ccc(S(=O)(=O)N2CC(C(=O)O)C2)cc1Cl. The minimum atomic E-state index is -3.69. The molecule has 0 amide bonds. The van der Waals surface area contributed by atoms with Gasteiger partial charge in [-0.1, -0.05) is 11.6 Å². The summed E-state index contributed by atoms with van der Waals surface area (Å²) in [5.74, 6) is -1.24. The zero-order valence-corrected chi connectivity index (χ0v) is 11.6. The average Bonchev–Trinajstić information content (AvgIpc) is 2.25. The van der Waals surface area contributed by atoms with Gasteiger partial charge < -0.3 is 9.84 Å². The monoisotopic (exact) mass is 305 g/mol. The molecule has 1 aromatic carbocycles. The van der Waals surface area contributed by atoms with Crippen LogP contribution >= 0.6 is 11.6 Å². The number of nitrogens with zero attached hydrogens (tertiary/aromatic N) is 1. The van der Waals surface area contributed by atoms with Crippen LogP contribution < -0.4 is 4.74 Å². The summed E-state index contributed by atoms with van der Waals surface area (Å²) in [5, 5.41) is 8.93. The fourth-order valence-electron chi connectivity index (χ4n) is 1.75. The van der Waals surface area contributed by atoms with E-state index in [1.807, 2.05) is 0 Å². The summed E-state index contributed by atoms with van der Waals surface area (Å²) in [7, 11) is -2.25. The standard InChI is InChI=1S/C11H12ClNO5S/c1-18-10-3-2-8(4-9(10)12)19(16,17)13-5-7(6-13)11(14)15/h2-4,7H,5-6H2,1H3,(H,14,15). The molecule has 0 spiro atoms. The summed E-state index contributed by atoms with van der Waals surface area (Å²) in [5.41, 5.74) is 0. The van der Waals surface area contributed by atoms with E-state index in [1.54, 1.807) is 0 Å². The first kappa shape index (κ1) is 14.1. The minimum absolute atomic E-state index is 0.0126. The van der Waals surface area contributed by atoms with Crippen molar-refractivity contribution in [1.29, 1.82) is 0 Å². The molecule has 1 saturated heterocycles. The molecular weight excluding hydrogens is 294 g/mol. The molecule has 1 N–H and O–H groups in total. The largest absolute Gasteiger partial charge is 0.495 e. The van der Waals surface area contributed by atoms with Gasteiger partial charge in [0.1, 0.15) is 5.75 Å². The first-order valence-electron chi connectivity index (χ1n) is 5.42. The van der Waals surface area contributed by atoms with E-state index in [-0.39, 0.29) is 23.0 Å². The Morgan fingerprint density at radius 3 is 2.58 bits per heavy atom. The second-order valence-electron chi connectivity index (χ2n) is 4.15. The number of ether oxygens (including phenoxy) is 1. The zero-order valence-electron chi connectivity index (χ0n) is 10.0. The third-order valence-electron chi connectivity index (χ3n) is 2.96. The molecule has 1 aromatic rings. The van der Waals surface area contributed by atoms with Crippen LogP contribution in [-0.2, 0) is 14.8 Å². The number of benzene rings is 1. The summed E-state index contributed by atoms with van der Waals surface area (Å²) in [6.45, 7) is -0.0252. The molecule has 1 heterocycles. The highest BCUT2D eigenvalue weighted by atomic mass is 35.5. The van der Waals surface area contributed by atoms with Gasteiger partial charge >= 0.3 is 5.97 Å². The predicted octanol–water partition coefficient (Wildman–Crippen LogP) is 1.05. The minimum Gasteiger partial charge on any atom is -0.495 e. The maximum absolute atomic E-state index is 12.2. The quantitative estimate of drug-likeness (QED) is 0.899.